The Morgan fingerprint density at radius 1 is 1.14 bits per heavy atom. The van der Waals surface area contributed by atoms with E-state index in [4.69, 9.17) is 21.4 Å². The zero-order chi connectivity index (χ0) is 19.5. The fraction of sp³-hybridized carbons (Fsp3) is 0.565. The van der Waals surface area contributed by atoms with E-state index in [9.17, 15) is 4.79 Å². The standard InChI is InChI=1S/C23H29ClN2O2/c1-16(27)28-15-21(17-7-3-2-4-8-17)23-20-9-5-6-10-22(20)25-26(23)19-13-11-18(24)12-14-19/h11-14,17,21H,2-10,15H2,1H3. The number of halogens is 1. The molecule has 2 aliphatic rings. The van der Waals surface area contributed by atoms with Crippen molar-refractivity contribution in [3.8, 4) is 5.69 Å². The molecule has 1 fully saturated rings. The number of ether oxygens (including phenoxy) is 1. The van der Waals surface area contributed by atoms with E-state index in [0.717, 1.165) is 23.6 Å². The van der Waals surface area contributed by atoms with Crippen molar-refractivity contribution in [3.63, 3.8) is 0 Å². The summed E-state index contributed by atoms with van der Waals surface area (Å²) < 4.78 is 7.70. The maximum atomic E-state index is 11.6. The first-order valence-electron chi connectivity index (χ1n) is 10.6. The van der Waals surface area contributed by atoms with Crippen LogP contribution in [0.5, 0.6) is 0 Å². The molecule has 1 aromatic carbocycles. The van der Waals surface area contributed by atoms with Crippen molar-refractivity contribution < 1.29 is 9.53 Å². The van der Waals surface area contributed by atoms with Crippen LogP contribution in [0.25, 0.3) is 5.69 Å². The van der Waals surface area contributed by atoms with Crippen LogP contribution in [0.1, 0.15) is 74.7 Å². The third-order valence-corrected chi connectivity index (χ3v) is 6.56. The average molecular weight is 401 g/mol. The topological polar surface area (TPSA) is 44.1 Å². The summed E-state index contributed by atoms with van der Waals surface area (Å²) in [7, 11) is 0. The fourth-order valence-electron chi connectivity index (χ4n) is 4.92. The molecule has 2 aromatic rings. The number of hydrogen-bond donors (Lipinski definition) is 0. The van der Waals surface area contributed by atoms with Crippen LogP contribution in [0.15, 0.2) is 24.3 Å². The maximum Gasteiger partial charge on any atom is 0.302 e. The number of aryl methyl sites for hydroxylation is 1. The van der Waals surface area contributed by atoms with Crippen molar-refractivity contribution in [2.24, 2.45) is 5.92 Å². The van der Waals surface area contributed by atoms with Gasteiger partial charge in [-0.15, -0.1) is 0 Å². The molecule has 0 spiro atoms. The quantitative estimate of drug-likeness (QED) is 0.610. The van der Waals surface area contributed by atoms with Gasteiger partial charge in [-0.3, -0.25) is 4.79 Å². The fourth-order valence-corrected chi connectivity index (χ4v) is 5.05. The van der Waals surface area contributed by atoms with Crippen molar-refractivity contribution in [2.75, 3.05) is 6.61 Å². The first-order chi connectivity index (χ1) is 13.6. The Bertz CT molecular complexity index is 822. The summed E-state index contributed by atoms with van der Waals surface area (Å²) in [5.41, 5.74) is 4.92. The van der Waals surface area contributed by atoms with Gasteiger partial charge in [0.15, 0.2) is 0 Å². The monoisotopic (exact) mass is 400 g/mol. The second-order valence-electron chi connectivity index (χ2n) is 8.21. The van der Waals surface area contributed by atoms with Crippen molar-refractivity contribution in [1.82, 2.24) is 9.78 Å². The van der Waals surface area contributed by atoms with E-state index >= 15 is 0 Å². The molecule has 1 saturated carbocycles. The van der Waals surface area contributed by atoms with Crippen LogP contribution in [0, 0.1) is 5.92 Å². The number of esters is 1. The van der Waals surface area contributed by atoms with Gasteiger partial charge in [-0.25, -0.2) is 4.68 Å². The van der Waals surface area contributed by atoms with Gasteiger partial charge in [0.05, 0.1) is 23.7 Å². The normalized spacial score (nSPS) is 18.5. The molecule has 1 aromatic heterocycles. The van der Waals surface area contributed by atoms with Crippen molar-refractivity contribution in [3.05, 3.63) is 46.2 Å². The Balaban J connectivity index is 1.79. The van der Waals surface area contributed by atoms with Crippen LogP contribution in [0.3, 0.4) is 0 Å². The van der Waals surface area contributed by atoms with E-state index in [2.05, 4.69) is 4.68 Å². The van der Waals surface area contributed by atoms with Crippen LogP contribution in [-0.4, -0.2) is 22.4 Å². The van der Waals surface area contributed by atoms with Crippen LogP contribution in [-0.2, 0) is 22.4 Å². The molecule has 0 saturated heterocycles. The predicted octanol–water partition coefficient (Wildman–Crippen LogP) is 5.63. The Labute approximate surface area is 172 Å². The molecular formula is C23H29ClN2O2. The van der Waals surface area contributed by atoms with E-state index < -0.39 is 0 Å². The number of fused-ring (bicyclic) bond motifs is 1. The average Bonchev–Trinajstić information content (AvgIpc) is 3.09. The molecule has 1 heterocycles. The molecule has 0 bridgehead atoms. The Morgan fingerprint density at radius 3 is 2.57 bits per heavy atom. The van der Waals surface area contributed by atoms with Gasteiger partial charge in [-0.05, 0) is 74.3 Å². The van der Waals surface area contributed by atoms with E-state index in [0.29, 0.717) is 12.5 Å². The Morgan fingerprint density at radius 2 is 1.86 bits per heavy atom. The highest BCUT2D eigenvalue weighted by Gasteiger charge is 2.33. The summed E-state index contributed by atoms with van der Waals surface area (Å²) in [5.74, 6) is 0.545. The second-order valence-corrected chi connectivity index (χ2v) is 8.65. The number of hydrogen-bond acceptors (Lipinski definition) is 3. The van der Waals surface area contributed by atoms with Gasteiger partial charge < -0.3 is 4.74 Å². The number of aromatic nitrogens is 2. The molecule has 0 N–H and O–H groups in total. The molecule has 150 valence electrons. The van der Waals surface area contributed by atoms with Crippen molar-refractivity contribution in [1.29, 1.82) is 0 Å². The highest BCUT2D eigenvalue weighted by Crippen LogP contribution is 2.40. The lowest BCUT2D eigenvalue weighted by molar-refractivity contribution is -0.142. The molecular weight excluding hydrogens is 372 g/mol. The zero-order valence-corrected chi connectivity index (χ0v) is 17.4. The number of nitrogens with zero attached hydrogens (tertiary/aromatic N) is 2. The largest absolute Gasteiger partial charge is 0.465 e. The summed E-state index contributed by atoms with van der Waals surface area (Å²) >= 11 is 6.12. The summed E-state index contributed by atoms with van der Waals surface area (Å²) in [6, 6.07) is 7.91. The van der Waals surface area contributed by atoms with Gasteiger partial charge in [-0.1, -0.05) is 30.9 Å². The third kappa shape index (κ3) is 4.12. The van der Waals surface area contributed by atoms with E-state index in [1.807, 2.05) is 24.3 Å². The Kier molecular flexibility index (Phi) is 6.05. The third-order valence-electron chi connectivity index (χ3n) is 6.30. The number of benzene rings is 1. The lowest BCUT2D eigenvalue weighted by atomic mass is 9.77. The van der Waals surface area contributed by atoms with Gasteiger partial charge in [-0.2, -0.15) is 5.10 Å². The molecule has 0 radical (unpaired) electrons. The summed E-state index contributed by atoms with van der Waals surface area (Å²) in [6.07, 6.45) is 10.7. The van der Waals surface area contributed by atoms with Gasteiger partial charge in [0.1, 0.15) is 0 Å². The van der Waals surface area contributed by atoms with Gasteiger partial charge in [0, 0.05) is 17.9 Å². The van der Waals surface area contributed by atoms with Gasteiger partial charge in [0.2, 0.25) is 0 Å². The molecule has 1 unspecified atom stereocenters. The van der Waals surface area contributed by atoms with Gasteiger partial charge in [0.25, 0.3) is 0 Å². The summed E-state index contributed by atoms with van der Waals surface area (Å²) in [6.45, 7) is 1.95. The minimum absolute atomic E-state index is 0.202. The summed E-state index contributed by atoms with van der Waals surface area (Å²) in [5, 5.41) is 5.75. The van der Waals surface area contributed by atoms with Crippen LogP contribution in [0.4, 0.5) is 0 Å². The van der Waals surface area contributed by atoms with Gasteiger partial charge >= 0.3 is 5.97 Å². The Hall–Kier alpha value is -1.81. The number of rotatable bonds is 5. The molecule has 0 aliphatic heterocycles. The maximum absolute atomic E-state index is 11.6. The van der Waals surface area contributed by atoms with Crippen molar-refractivity contribution in [2.45, 2.75) is 70.6 Å². The van der Waals surface area contributed by atoms with E-state index in [1.165, 1.54) is 68.8 Å². The highest BCUT2D eigenvalue weighted by molar-refractivity contribution is 6.30. The number of carbonyl (C=O) groups excluding carboxylic acids is 1. The van der Waals surface area contributed by atoms with E-state index in [-0.39, 0.29) is 11.9 Å². The molecule has 2 aliphatic carbocycles. The lowest BCUT2D eigenvalue weighted by Gasteiger charge is -2.31. The van der Waals surface area contributed by atoms with Crippen LogP contribution < -0.4 is 0 Å². The van der Waals surface area contributed by atoms with E-state index in [1.54, 1.807) is 0 Å². The van der Waals surface area contributed by atoms with Crippen LogP contribution in [0.2, 0.25) is 5.02 Å². The molecule has 0 amide bonds. The van der Waals surface area contributed by atoms with Crippen LogP contribution >= 0.6 is 11.6 Å². The smallest absolute Gasteiger partial charge is 0.302 e. The second kappa shape index (κ2) is 8.69. The zero-order valence-electron chi connectivity index (χ0n) is 16.6. The molecule has 1 atom stereocenters. The van der Waals surface area contributed by atoms with Crippen molar-refractivity contribution >= 4 is 17.6 Å². The molecule has 5 heteroatoms. The molecule has 4 rings (SSSR count). The predicted molar refractivity (Wildman–Crippen MR) is 111 cm³/mol. The molecule has 28 heavy (non-hydrogen) atoms. The minimum Gasteiger partial charge on any atom is -0.465 e. The SMILES string of the molecule is CC(=O)OCC(c1c2c(nn1-c1ccc(Cl)cc1)CCCC2)C1CCCCC1. The first kappa shape index (κ1) is 19.5. The minimum atomic E-state index is -0.202. The lowest BCUT2D eigenvalue weighted by Crippen LogP contribution is -2.25. The first-order valence-corrected chi connectivity index (χ1v) is 11.0. The summed E-state index contributed by atoms with van der Waals surface area (Å²) in [4.78, 5) is 11.6. The number of carbonyl (C=O) groups is 1. The molecule has 4 nitrogen and oxygen atoms in total. The highest BCUT2D eigenvalue weighted by atomic mass is 35.5.